The number of hydrogen-bond acceptors (Lipinski definition) is 3. The van der Waals surface area contributed by atoms with Crippen LogP contribution in [0.15, 0.2) is 24.3 Å². The Bertz CT molecular complexity index is 590. The summed E-state index contributed by atoms with van der Waals surface area (Å²) in [5, 5.41) is 15.7. The largest absolute Gasteiger partial charge is 0.496 e. The molecule has 5 heteroatoms. The lowest BCUT2D eigenvalue weighted by Gasteiger charge is -2.06. The molecule has 19 heavy (non-hydrogen) atoms. The van der Waals surface area contributed by atoms with Crippen LogP contribution in [0.5, 0.6) is 5.75 Å². The second kappa shape index (κ2) is 5.56. The second-order valence-electron chi connectivity index (χ2n) is 4.38. The van der Waals surface area contributed by atoms with E-state index in [4.69, 9.17) is 9.84 Å². The molecule has 0 aliphatic heterocycles. The van der Waals surface area contributed by atoms with E-state index in [1.165, 1.54) is 0 Å². The maximum atomic E-state index is 10.5. The van der Waals surface area contributed by atoms with Crippen molar-refractivity contribution in [2.75, 3.05) is 7.11 Å². The fourth-order valence-electron chi connectivity index (χ4n) is 1.89. The Morgan fingerprint density at radius 3 is 2.89 bits per heavy atom. The molecule has 100 valence electrons. The molecule has 0 spiro atoms. The highest BCUT2D eigenvalue weighted by Gasteiger charge is 2.10. The molecule has 2 aromatic rings. The molecule has 0 saturated heterocycles. The number of benzene rings is 1. The summed E-state index contributed by atoms with van der Waals surface area (Å²) in [5.41, 5.74) is 3.59. The van der Waals surface area contributed by atoms with Gasteiger partial charge in [0.2, 0.25) is 0 Å². The van der Waals surface area contributed by atoms with Crippen LogP contribution in [0.2, 0.25) is 0 Å². The predicted molar refractivity (Wildman–Crippen MR) is 71.3 cm³/mol. The molecule has 2 N–H and O–H groups in total. The number of aryl methyl sites for hydroxylation is 2. The van der Waals surface area contributed by atoms with Crippen LogP contribution in [0.3, 0.4) is 0 Å². The van der Waals surface area contributed by atoms with Gasteiger partial charge in [-0.1, -0.05) is 11.6 Å². The number of aromatic nitrogens is 2. The summed E-state index contributed by atoms with van der Waals surface area (Å²) in [4.78, 5) is 10.5. The van der Waals surface area contributed by atoms with Crippen molar-refractivity contribution in [3.63, 3.8) is 0 Å². The molecule has 1 heterocycles. The van der Waals surface area contributed by atoms with Crippen LogP contribution in [0.1, 0.15) is 17.7 Å². The molecular formula is C14H16N2O3. The molecule has 5 nitrogen and oxygen atoms in total. The minimum atomic E-state index is -0.815. The van der Waals surface area contributed by atoms with Crippen LogP contribution in [0.25, 0.3) is 11.3 Å². The van der Waals surface area contributed by atoms with E-state index in [2.05, 4.69) is 10.2 Å². The van der Waals surface area contributed by atoms with Gasteiger partial charge in [0.1, 0.15) is 5.75 Å². The Morgan fingerprint density at radius 1 is 1.42 bits per heavy atom. The Hall–Kier alpha value is -2.30. The Labute approximate surface area is 111 Å². The van der Waals surface area contributed by atoms with Crippen LogP contribution in [-0.2, 0) is 11.2 Å². The van der Waals surface area contributed by atoms with Crippen molar-refractivity contribution in [2.45, 2.75) is 19.8 Å². The number of ether oxygens (including phenoxy) is 1. The van der Waals surface area contributed by atoms with Crippen molar-refractivity contribution < 1.29 is 14.6 Å². The summed E-state index contributed by atoms with van der Waals surface area (Å²) in [6.07, 6.45) is 0.531. The van der Waals surface area contributed by atoms with Gasteiger partial charge in [0.05, 0.1) is 19.2 Å². The first-order chi connectivity index (χ1) is 9.10. The van der Waals surface area contributed by atoms with Gasteiger partial charge < -0.3 is 9.84 Å². The van der Waals surface area contributed by atoms with Crippen LogP contribution in [0, 0.1) is 6.92 Å². The van der Waals surface area contributed by atoms with Crippen molar-refractivity contribution in [3.05, 3.63) is 35.5 Å². The first kappa shape index (κ1) is 13.1. The van der Waals surface area contributed by atoms with Crippen molar-refractivity contribution in [1.82, 2.24) is 10.2 Å². The topological polar surface area (TPSA) is 75.2 Å². The lowest BCUT2D eigenvalue weighted by molar-refractivity contribution is -0.136. The first-order valence-corrected chi connectivity index (χ1v) is 6.01. The number of H-pyrrole nitrogens is 1. The number of carbonyl (C=O) groups is 1. The summed E-state index contributed by atoms with van der Waals surface area (Å²) < 4.78 is 5.31. The third-order valence-electron chi connectivity index (χ3n) is 2.87. The van der Waals surface area contributed by atoms with E-state index in [0.29, 0.717) is 6.42 Å². The van der Waals surface area contributed by atoms with E-state index in [0.717, 1.165) is 28.3 Å². The van der Waals surface area contributed by atoms with Crippen molar-refractivity contribution in [1.29, 1.82) is 0 Å². The summed E-state index contributed by atoms with van der Waals surface area (Å²) >= 11 is 0. The number of aromatic amines is 1. The number of nitrogens with zero attached hydrogens (tertiary/aromatic N) is 1. The maximum Gasteiger partial charge on any atom is 0.303 e. The third-order valence-corrected chi connectivity index (χ3v) is 2.87. The first-order valence-electron chi connectivity index (χ1n) is 6.01. The van der Waals surface area contributed by atoms with Gasteiger partial charge >= 0.3 is 5.97 Å². The second-order valence-corrected chi connectivity index (χ2v) is 4.38. The molecule has 0 amide bonds. The molecule has 1 aromatic carbocycles. The summed E-state index contributed by atoms with van der Waals surface area (Å²) in [5.74, 6) is -0.0637. The molecule has 0 fully saturated rings. The van der Waals surface area contributed by atoms with Gasteiger partial charge in [-0.05, 0) is 31.5 Å². The fourth-order valence-corrected chi connectivity index (χ4v) is 1.89. The van der Waals surface area contributed by atoms with E-state index in [1.807, 2.05) is 31.2 Å². The van der Waals surface area contributed by atoms with Gasteiger partial charge in [0, 0.05) is 11.3 Å². The highest BCUT2D eigenvalue weighted by molar-refractivity contribution is 5.69. The molecule has 0 unspecified atom stereocenters. The van der Waals surface area contributed by atoms with Gasteiger partial charge in [0.15, 0.2) is 0 Å². The van der Waals surface area contributed by atoms with Crippen LogP contribution in [0.4, 0.5) is 0 Å². The molecule has 2 rings (SSSR count). The van der Waals surface area contributed by atoms with Crippen LogP contribution in [-0.4, -0.2) is 28.4 Å². The van der Waals surface area contributed by atoms with E-state index in [9.17, 15) is 4.79 Å². The highest BCUT2D eigenvalue weighted by atomic mass is 16.5. The minimum Gasteiger partial charge on any atom is -0.496 e. The highest BCUT2D eigenvalue weighted by Crippen LogP contribution is 2.29. The number of rotatable bonds is 5. The average molecular weight is 260 g/mol. The van der Waals surface area contributed by atoms with Gasteiger partial charge in [-0.2, -0.15) is 5.10 Å². The number of aliphatic carboxylic acids is 1. The zero-order valence-electron chi connectivity index (χ0n) is 10.9. The van der Waals surface area contributed by atoms with Gasteiger partial charge in [-0.25, -0.2) is 0 Å². The quantitative estimate of drug-likeness (QED) is 0.865. The number of carboxylic acid groups (broad SMARTS) is 1. The van der Waals surface area contributed by atoms with Gasteiger partial charge in [-0.3, -0.25) is 9.89 Å². The number of methoxy groups -OCH3 is 1. The maximum absolute atomic E-state index is 10.5. The smallest absolute Gasteiger partial charge is 0.303 e. The number of nitrogens with one attached hydrogen (secondary N) is 1. The molecule has 0 saturated carbocycles. The van der Waals surface area contributed by atoms with Gasteiger partial charge in [0.25, 0.3) is 0 Å². The molecule has 0 aliphatic rings. The SMILES string of the molecule is COc1ccc(C)cc1-c1cc(CCC(=O)O)[nH]n1. The van der Waals surface area contributed by atoms with E-state index in [-0.39, 0.29) is 6.42 Å². The van der Waals surface area contributed by atoms with Crippen molar-refractivity contribution in [3.8, 4) is 17.0 Å². The van der Waals surface area contributed by atoms with E-state index in [1.54, 1.807) is 7.11 Å². The summed E-state index contributed by atoms with van der Waals surface area (Å²) in [6, 6.07) is 7.73. The lowest BCUT2D eigenvalue weighted by Crippen LogP contribution is -1.97. The number of carboxylic acids is 1. The third kappa shape index (κ3) is 3.13. The van der Waals surface area contributed by atoms with Crippen molar-refractivity contribution in [2.24, 2.45) is 0 Å². The summed E-state index contributed by atoms with van der Waals surface area (Å²) in [6.45, 7) is 2.00. The van der Waals surface area contributed by atoms with Gasteiger partial charge in [-0.15, -0.1) is 0 Å². The Morgan fingerprint density at radius 2 is 2.21 bits per heavy atom. The molecule has 0 atom stereocenters. The van der Waals surface area contributed by atoms with Crippen LogP contribution < -0.4 is 4.74 Å². The molecule has 0 bridgehead atoms. The monoisotopic (exact) mass is 260 g/mol. The zero-order valence-corrected chi connectivity index (χ0v) is 10.9. The number of hydrogen-bond donors (Lipinski definition) is 2. The zero-order chi connectivity index (χ0) is 13.8. The van der Waals surface area contributed by atoms with E-state index < -0.39 is 5.97 Å². The normalized spacial score (nSPS) is 10.4. The van der Waals surface area contributed by atoms with Crippen LogP contribution >= 0.6 is 0 Å². The minimum absolute atomic E-state index is 0.0899. The van der Waals surface area contributed by atoms with Crippen molar-refractivity contribution >= 4 is 5.97 Å². The summed E-state index contributed by atoms with van der Waals surface area (Å²) in [7, 11) is 1.62. The Balaban J connectivity index is 2.27. The average Bonchev–Trinajstić information content (AvgIpc) is 2.85. The molecule has 0 radical (unpaired) electrons. The molecular weight excluding hydrogens is 244 g/mol. The Kier molecular flexibility index (Phi) is 3.85. The fraction of sp³-hybridized carbons (Fsp3) is 0.286. The standard InChI is InChI=1S/C14H16N2O3/c1-9-3-5-13(19-2)11(7-9)12-8-10(15-16-12)4-6-14(17)18/h3,5,7-8H,4,6H2,1-2H3,(H,15,16)(H,17,18). The molecule has 0 aliphatic carbocycles. The van der Waals surface area contributed by atoms with E-state index >= 15 is 0 Å². The lowest BCUT2D eigenvalue weighted by atomic mass is 10.1. The molecule has 1 aromatic heterocycles. The predicted octanol–water partition coefficient (Wildman–Crippen LogP) is 2.41.